The highest BCUT2D eigenvalue weighted by molar-refractivity contribution is 5.85. The molecule has 2 aromatic rings. The standard InChI is InChI=1S/C21H22FNO3/c1-14(2)18-13-19(25-3)21(26-12-11-24)20(17(18)5-4-10-23)15-6-8-16(22)9-7-15/h4-9,13-14,24H,11-12H2,1-3H3. The highest BCUT2D eigenvalue weighted by Crippen LogP contribution is 2.45. The predicted molar refractivity (Wildman–Crippen MR) is 99.7 cm³/mol. The van der Waals surface area contributed by atoms with Gasteiger partial charge in [-0.3, -0.25) is 0 Å². The van der Waals surface area contributed by atoms with Crippen LogP contribution in [0, 0.1) is 17.1 Å². The summed E-state index contributed by atoms with van der Waals surface area (Å²) in [5.41, 5.74) is 3.22. The Bertz CT molecular complexity index is 821. The molecule has 0 aliphatic heterocycles. The molecule has 0 aliphatic carbocycles. The van der Waals surface area contributed by atoms with Gasteiger partial charge in [0.05, 0.1) is 19.8 Å². The van der Waals surface area contributed by atoms with Crippen molar-refractivity contribution in [1.82, 2.24) is 0 Å². The molecule has 0 heterocycles. The third kappa shape index (κ3) is 4.22. The number of allylic oxidation sites excluding steroid dienone is 1. The minimum atomic E-state index is -0.340. The number of ether oxygens (including phenoxy) is 2. The lowest BCUT2D eigenvalue weighted by Gasteiger charge is -2.22. The van der Waals surface area contributed by atoms with Gasteiger partial charge in [0.2, 0.25) is 0 Å². The Morgan fingerprint density at radius 1 is 1.27 bits per heavy atom. The molecular weight excluding hydrogens is 333 g/mol. The van der Waals surface area contributed by atoms with Crippen LogP contribution in [-0.2, 0) is 0 Å². The number of benzene rings is 2. The number of nitriles is 1. The molecule has 136 valence electrons. The minimum absolute atomic E-state index is 0.0903. The predicted octanol–water partition coefficient (Wildman–Crippen LogP) is 4.53. The average Bonchev–Trinajstić information content (AvgIpc) is 2.64. The summed E-state index contributed by atoms with van der Waals surface area (Å²) in [5.74, 6) is 0.798. The normalized spacial score (nSPS) is 11.0. The molecule has 2 aromatic carbocycles. The summed E-state index contributed by atoms with van der Waals surface area (Å²) in [7, 11) is 1.55. The molecule has 1 N–H and O–H groups in total. The second-order valence-electron chi connectivity index (χ2n) is 5.98. The zero-order valence-electron chi connectivity index (χ0n) is 15.1. The molecule has 0 aromatic heterocycles. The fourth-order valence-corrected chi connectivity index (χ4v) is 2.80. The van der Waals surface area contributed by atoms with Crippen molar-refractivity contribution in [2.75, 3.05) is 20.3 Å². The van der Waals surface area contributed by atoms with Crippen LogP contribution in [0.1, 0.15) is 30.9 Å². The topological polar surface area (TPSA) is 62.5 Å². The van der Waals surface area contributed by atoms with Crippen molar-refractivity contribution in [2.45, 2.75) is 19.8 Å². The van der Waals surface area contributed by atoms with Crippen molar-refractivity contribution < 1.29 is 19.0 Å². The lowest BCUT2D eigenvalue weighted by molar-refractivity contribution is 0.197. The van der Waals surface area contributed by atoms with Crippen LogP contribution in [0.25, 0.3) is 17.2 Å². The smallest absolute Gasteiger partial charge is 0.169 e. The van der Waals surface area contributed by atoms with Gasteiger partial charge in [-0.2, -0.15) is 5.26 Å². The Labute approximate surface area is 153 Å². The average molecular weight is 355 g/mol. The summed E-state index contributed by atoms with van der Waals surface area (Å²) in [6, 6.07) is 9.94. The van der Waals surface area contributed by atoms with Gasteiger partial charge in [-0.25, -0.2) is 4.39 Å². The Morgan fingerprint density at radius 3 is 2.50 bits per heavy atom. The molecular formula is C21H22FNO3. The number of methoxy groups -OCH3 is 1. The van der Waals surface area contributed by atoms with E-state index in [-0.39, 0.29) is 24.9 Å². The highest BCUT2D eigenvalue weighted by atomic mass is 19.1. The number of aliphatic hydroxyl groups excluding tert-OH is 1. The Morgan fingerprint density at radius 2 is 1.96 bits per heavy atom. The number of nitrogens with zero attached hydrogens (tertiary/aromatic N) is 1. The van der Waals surface area contributed by atoms with Gasteiger partial charge in [0.15, 0.2) is 11.5 Å². The van der Waals surface area contributed by atoms with E-state index < -0.39 is 0 Å². The number of rotatable bonds is 7. The molecule has 0 atom stereocenters. The molecule has 0 unspecified atom stereocenters. The van der Waals surface area contributed by atoms with Crippen molar-refractivity contribution in [3.05, 3.63) is 53.4 Å². The molecule has 26 heavy (non-hydrogen) atoms. The van der Waals surface area contributed by atoms with Crippen LogP contribution in [0.2, 0.25) is 0 Å². The molecule has 4 nitrogen and oxygen atoms in total. The summed E-state index contributed by atoms with van der Waals surface area (Å²) < 4.78 is 24.7. The first-order chi connectivity index (χ1) is 12.5. The van der Waals surface area contributed by atoms with E-state index in [1.54, 1.807) is 25.3 Å². The van der Waals surface area contributed by atoms with Crippen molar-refractivity contribution >= 4 is 6.08 Å². The maximum Gasteiger partial charge on any atom is 0.169 e. The number of aliphatic hydroxyl groups is 1. The first-order valence-corrected chi connectivity index (χ1v) is 8.34. The lowest BCUT2D eigenvalue weighted by atomic mass is 9.88. The molecule has 0 saturated heterocycles. The molecule has 0 amide bonds. The molecule has 0 saturated carbocycles. The van der Waals surface area contributed by atoms with Gasteiger partial charge >= 0.3 is 0 Å². The third-order valence-corrected chi connectivity index (χ3v) is 3.95. The molecule has 0 aliphatic rings. The van der Waals surface area contributed by atoms with E-state index in [0.29, 0.717) is 17.1 Å². The van der Waals surface area contributed by atoms with Gasteiger partial charge in [-0.1, -0.05) is 26.0 Å². The van der Waals surface area contributed by atoms with Crippen molar-refractivity contribution in [1.29, 1.82) is 5.26 Å². The Balaban J connectivity index is 2.87. The van der Waals surface area contributed by atoms with E-state index in [2.05, 4.69) is 0 Å². The first kappa shape index (κ1) is 19.5. The Kier molecular flexibility index (Phi) is 6.76. The fourth-order valence-electron chi connectivity index (χ4n) is 2.80. The SMILES string of the molecule is COc1cc(C(C)C)c(C=CC#N)c(-c2ccc(F)cc2)c1OCCO. The van der Waals surface area contributed by atoms with Gasteiger partial charge < -0.3 is 14.6 Å². The van der Waals surface area contributed by atoms with Crippen molar-refractivity contribution in [2.24, 2.45) is 0 Å². The van der Waals surface area contributed by atoms with Crippen LogP contribution in [-0.4, -0.2) is 25.4 Å². The molecule has 0 spiro atoms. The van der Waals surface area contributed by atoms with E-state index >= 15 is 0 Å². The molecule has 0 radical (unpaired) electrons. The van der Waals surface area contributed by atoms with Gasteiger partial charge in [0.25, 0.3) is 0 Å². The van der Waals surface area contributed by atoms with Crippen LogP contribution in [0.4, 0.5) is 4.39 Å². The summed E-state index contributed by atoms with van der Waals surface area (Å²) >= 11 is 0. The minimum Gasteiger partial charge on any atom is -0.493 e. The van der Waals surface area contributed by atoms with E-state index in [0.717, 1.165) is 16.7 Å². The van der Waals surface area contributed by atoms with Gasteiger partial charge in [0.1, 0.15) is 12.4 Å². The third-order valence-electron chi connectivity index (χ3n) is 3.95. The van der Waals surface area contributed by atoms with Gasteiger partial charge in [0, 0.05) is 11.6 Å². The van der Waals surface area contributed by atoms with Crippen molar-refractivity contribution in [3.8, 4) is 28.7 Å². The zero-order chi connectivity index (χ0) is 19.1. The second kappa shape index (κ2) is 9.02. The largest absolute Gasteiger partial charge is 0.493 e. The van der Waals surface area contributed by atoms with Crippen LogP contribution >= 0.6 is 0 Å². The fraction of sp³-hybridized carbons (Fsp3) is 0.286. The first-order valence-electron chi connectivity index (χ1n) is 8.34. The van der Waals surface area contributed by atoms with E-state index in [1.165, 1.54) is 18.2 Å². The number of hydrogen-bond donors (Lipinski definition) is 1. The van der Waals surface area contributed by atoms with E-state index in [4.69, 9.17) is 14.7 Å². The monoisotopic (exact) mass is 355 g/mol. The van der Waals surface area contributed by atoms with Crippen LogP contribution in [0.15, 0.2) is 36.4 Å². The highest BCUT2D eigenvalue weighted by Gasteiger charge is 2.21. The van der Waals surface area contributed by atoms with E-state index in [9.17, 15) is 9.50 Å². The summed E-state index contributed by atoms with van der Waals surface area (Å²) in [4.78, 5) is 0. The Hall–Kier alpha value is -2.84. The van der Waals surface area contributed by atoms with Gasteiger partial charge in [-0.15, -0.1) is 0 Å². The lowest BCUT2D eigenvalue weighted by Crippen LogP contribution is -2.07. The van der Waals surface area contributed by atoms with Crippen LogP contribution in [0.5, 0.6) is 11.5 Å². The maximum absolute atomic E-state index is 13.4. The molecule has 5 heteroatoms. The maximum atomic E-state index is 13.4. The summed E-state index contributed by atoms with van der Waals surface area (Å²) in [5, 5.41) is 18.2. The second-order valence-corrected chi connectivity index (χ2v) is 5.98. The van der Waals surface area contributed by atoms with Crippen LogP contribution < -0.4 is 9.47 Å². The van der Waals surface area contributed by atoms with Crippen LogP contribution in [0.3, 0.4) is 0 Å². The quantitative estimate of drug-likeness (QED) is 0.741. The number of halogens is 1. The summed E-state index contributed by atoms with van der Waals surface area (Å²) in [6.07, 6.45) is 3.12. The zero-order valence-corrected chi connectivity index (χ0v) is 15.1. The summed E-state index contributed by atoms with van der Waals surface area (Å²) in [6.45, 7) is 4.02. The molecule has 0 bridgehead atoms. The van der Waals surface area contributed by atoms with E-state index in [1.807, 2.05) is 26.0 Å². The molecule has 2 rings (SSSR count). The van der Waals surface area contributed by atoms with Gasteiger partial charge in [-0.05, 0) is 46.9 Å². The van der Waals surface area contributed by atoms with Crippen molar-refractivity contribution in [3.63, 3.8) is 0 Å². The number of hydrogen-bond acceptors (Lipinski definition) is 4. The molecule has 0 fully saturated rings.